The molecule has 2 rings (SSSR count). The fourth-order valence-corrected chi connectivity index (χ4v) is 2.19. The molecule has 0 unspecified atom stereocenters. The molecule has 0 aliphatic rings. The highest BCUT2D eigenvalue weighted by atomic mass is 127. The molecule has 0 bridgehead atoms. The van der Waals surface area contributed by atoms with Gasteiger partial charge in [0.1, 0.15) is 5.75 Å². The first-order chi connectivity index (χ1) is 9.20. The number of methoxy groups -OCH3 is 1. The molecule has 0 N–H and O–H groups in total. The van der Waals surface area contributed by atoms with E-state index in [4.69, 9.17) is 4.74 Å². The molecular formula is C16H13IO2. The number of halogens is 1. The van der Waals surface area contributed by atoms with Crippen LogP contribution in [0.5, 0.6) is 5.75 Å². The molecular weight excluding hydrogens is 351 g/mol. The molecule has 0 aromatic heterocycles. The Morgan fingerprint density at radius 3 is 2.42 bits per heavy atom. The molecule has 2 aromatic carbocycles. The fourth-order valence-electron chi connectivity index (χ4n) is 1.63. The summed E-state index contributed by atoms with van der Waals surface area (Å²) < 4.78 is 6.19. The normalized spacial score (nSPS) is 10.6. The first-order valence-corrected chi connectivity index (χ1v) is 6.89. The molecule has 0 amide bonds. The Kier molecular flexibility index (Phi) is 4.74. The number of ketones is 1. The van der Waals surface area contributed by atoms with Gasteiger partial charge in [-0.1, -0.05) is 24.3 Å². The first-order valence-electron chi connectivity index (χ1n) is 5.81. The van der Waals surface area contributed by atoms with Gasteiger partial charge in [-0.05, 0) is 64.6 Å². The van der Waals surface area contributed by atoms with Gasteiger partial charge in [-0.3, -0.25) is 4.79 Å². The van der Waals surface area contributed by atoms with Crippen LogP contribution >= 0.6 is 22.6 Å². The summed E-state index contributed by atoms with van der Waals surface area (Å²) in [5.74, 6) is 0.737. The highest BCUT2D eigenvalue weighted by Gasteiger charge is 2.02. The van der Waals surface area contributed by atoms with Gasteiger partial charge in [0.2, 0.25) is 0 Å². The molecule has 0 aliphatic carbocycles. The van der Waals surface area contributed by atoms with E-state index in [1.165, 1.54) is 0 Å². The zero-order valence-electron chi connectivity index (χ0n) is 10.5. The van der Waals surface area contributed by atoms with Crippen molar-refractivity contribution in [1.82, 2.24) is 0 Å². The summed E-state index contributed by atoms with van der Waals surface area (Å²) in [6.45, 7) is 0. The third-order valence-corrected chi connectivity index (χ3v) is 3.68. The number of benzene rings is 2. The zero-order chi connectivity index (χ0) is 13.7. The van der Waals surface area contributed by atoms with Crippen LogP contribution < -0.4 is 4.74 Å². The van der Waals surface area contributed by atoms with Gasteiger partial charge in [0.05, 0.1) is 7.11 Å². The standard InChI is InChI=1S/C16H13IO2/c1-19-14-9-6-13(7-10-14)16(18)11-8-12-4-2-3-5-15(12)17/h2-11H,1H3/b11-8+. The van der Waals surface area contributed by atoms with Gasteiger partial charge >= 0.3 is 0 Å². The lowest BCUT2D eigenvalue weighted by Crippen LogP contribution is -1.94. The summed E-state index contributed by atoms with van der Waals surface area (Å²) >= 11 is 2.25. The van der Waals surface area contributed by atoms with Gasteiger partial charge in [0.15, 0.2) is 5.78 Å². The maximum atomic E-state index is 12.0. The van der Waals surface area contributed by atoms with Gasteiger partial charge in [-0.25, -0.2) is 0 Å². The van der Waals surface area contributed by atoms with Crippen LogP contribution in [-0.2, 0) is 0 Å². The molecule has 0 radical (unpaired) electrons. The van der Waals surface area contributed by atoms with E-state index in [0.717, 1.165) is 14.9 Å². The molecule has 3 heteroatoms. The lowest BCUT2D eigenvalue weighted by molar-refractivity contribution is 0.104. The van der Waals surface area contributed by atoms with E-state index >= 15 is 0 Å². The van der Waals surface area contributed by atoms with E-state index in [9.17, 15) is 4.79 Å². The van der Waals surface area contributed by atoms with Gasteiger partial charge in [0.25, 0.3) is 0 Å². The van der Waals surface area contributed by atoms with Gasteiger partial charge in [-0.2, -0.15) is 0 Å². The topological polar surface area (TPSA) is 26.3 Å². The quantitative estimate of drug-likeness (QED) is 0.462. The summed E-state index contributed by atoms with van der Waals surface area (Å²) in [4.78, 5) is 12.0. The van der Waals surface area contributed by atoms with Crippen molar-refractivity contribution in [3.8, 4) is 5.75 Å². The highest BCUT2D eigenvalue weighted by Crippen LogP contribution is 2.15. The predicted octanol–water partition coefficient (Wildman–Crippen LogP) is 4.20. The minimum atomic E-state index is -0.0118. The van der Waals surface area contributed by atoms with Crippen molar-refractivity contribution in [2.75, 3.05) is 7.11 Å². The lowest BCUT2D eigenvalue weighted by atomic mass is 10.1. The number of carbonyl (C=O) groups excluding carboxylic acids is 1. The number of ether oxygens (including phenoxy) is 1. The number of hydrogen-bond donors (Lipinski definition) is 0. The fraction of sp³-hybridized carbons (Fsp3) is 0.0625. The molecule has 2 aromatic rings. The number of hydrogen-bond acceptors (Lipinski definition) is 2. The number of rotatable bonds is 4. The van der Waals surface area contributed by atoms with Crippen LogP contribution in [0, 0.1) is 3.57 Å². The third-order valence-electron chi connectivity index (χ3n) is 2.69. The smallest absolute Gasteiger partial charge is 0.185 e. The zero-order valence-corrected chi connectivity index (χ0v) is 12.6. The van der Waals surface area contributed by atoms with E-state index < -0.39 is 0 Å². The van der Waals surface area contributed by atoms with E-state index in [1.54, 1.807) is 37.5 Å². The highest BCUT2D eigenvalue weighted by molar-refractivity contribution is 14.1. The number of allylic oxidation sites excluding steroid dienone is 1. The molecule has 0 atom stereocenters. The van der Waals surface area contributed by atoms with Crippen LogP contribution in [0.1, 0.15) is 15.9 Å². The SMILES string of the molecule is COc1ccc(C(=O)/C=C/c2ccccc2I)cc1. The van der Waals surface area contributed by atoms with Crippen LogP contribution in [0.15, 0.2) is 54.6 Å². The Labute approximate surface area is 126 Å². The number of carbonyl (C=O) groups is 1. The van der Waals surface area contributed by atoms with E-state index in [1.807, 2.05) is 30.3 Å². The molecule has 2 nitrogen and oxygen atoms in total. The minimum absolute atomic E-state index is 0.0118. The summed E-state index contributed by atoms with van der Waals surface area (Å²) in [6, 6.07) is 15.0. The van der Waals surface area contributed by atoms with Crippen molar-refractivity contribution in [3.63, 3.8) is 0 Å². The van der Waals surface area contributed by atoms with Crippen LogP contribution in [-0.4, -0.2) is 12.9 Å². The summed E-state index contributed by atoms with van der Waals surface area (Å²) in [5.41, 5.74) is 1.70. The molecule has 0 saturated carbocycles. The Bertz CT molecular complexity index is 600. The lowest BCUT2D eigenvalue weighted by Gasteiger charge is -2.00. The second kappa shape index (κ2) is 6.52. The molecule has 0 fully saturated rings. The Morgan fingerprint density at radius 1 is 1.11 bits per heavy atom. The average molecular weight is 364 g/mol. The van der Waals surface area contributed by atoms with Gasteiger partial charge in [-0.15, -0.1) is 0 Å². The predicted molar refractivity (Wildman–Crippen MR) is 85.5 cm³/mol. The largest absolute Gasteiger partial charge is 0.497 e. The third kappa shape index (κ3) is 3.67. The Morgan fingerprint density at radius 2 is 1.79 bits per heavy atom. The van der Waals surface area contributed by atoms with Gasteiger partial charge in [0, 0.05) is 9.13 Å². The first kappa shape index (κ1) is 13.8. The molecule has 0 saturated heterocycles. The van der Waals surface area contributed by atoms with Crippen LogP contribution in [0.3, 0.4) is 0 Å². The Balaban J connectivity index is 2.14. The van der Waals surface area contributed by atoms with Crippen molar-refractivity contribution < 1.29 is 9.53 Å². The minimum Gasteiger partial charge on any atom is -0.497 e. The molecule has 0 aliphatic heterocycles. The maximum absolute atomic E-state index is 12.0. The summed E-state index contributed by atoms with van der Waals surface area (Å²) in [7, 11) is 1.61. The monoisotopic (exact) mass is 364 g/mol. The van der Waals surface area contributed by atoms with Crippen molar-refractivity contribution >= 4 is 34.5 Å². The van der Waals surface area contributed by atoms with E-state index in [-0.39, 0.29) is 5.78 Å². The van der Waals surface area contributed by atoms with Gasteiger partial charge < -0.3 is 4.74 Å². The van der Waals surface area contributed by atoms with Crippen molar-refractivity contribution in [3.05, 3.63) is 69.3 Å². The molecule has 96 valence electrons. The van der Waals surface area contributed by atoms with Crippen LogP contribution in [0.25, 0.3) is 6.08 Å². The molecule has 19 heavy (non-hydrogen) atoms. The summed E-state index contributed by atoms with van der Waals surface area (Å²) in [5, 5.41) is 0. The van der Waals surface area contributed by atoms with E-state index in [0.29, 0.717) is 5.56 Å². The van der Waals surface area contributed by atoms with E-state index in [2.05, 4.69) is 22.6 Å². The maximum Gasteiger partial charge on any atom is 0.185 e. The van der Waals surface area contributed by atoms with Crippen molar-refractivity contribution in [1.29, 1.82) is 0 Å². The molecule has 0 heterocycles. The average Bonchev–Trinajstić information content (AvgIpc) is 2.46. The second-order valence-electron chi connectivity index (χ2n) is 3.95. The van der Waals surface area contributed by atoms with Crippen LogP contribution in [0.2, 0.25) is 0 Å². The Hall–Kier alpha value is -1.62. The van der Waals surface area contributed by atoms with Crippen molar-refractivity contribution in [2.24, 2.45) is 0 Å². The molecule has 0 spiro atoms. The second-order valence-corrected chi connectivity index (χ2v) is 5.11. The van der Waals surface area contributed by atoms with Crippen molar-refractivity contribution in [2.45, 2.75) is 0 Å². The summed E-state index contributed by atoms with van der Waals surface area (Å²) in [6.07, 6.45) is 3.44. The van der Waals surface area contributed by atoms with Crippen LogP contribution in [0.4, 0.5) is 0 Å².